The van der Waals surface area contributed by atoms with Crippen LogP contribution in [0.4, 0.5) is 5.82 Å². The Kier molecular flexibility index (Phi) is 3.54. The monoisotopic (exact) mass is 248 g/mol. The molecule has 18 heavy (non-hydrogen) atoms. The van der Waals surface area contributed by atoms with Crippen LogP contribution in [0.3, 0.4) is 0 Å². The van der Waals surface area contributed by atoms with Gasteiger partial charge in [-0.3, -0.25) is 4.79 Å². The van der Waals surface area contributed by atoms with E-state index in [4.69, 9.17) is 5.73 Å². The Balaban J connectivity index is 2.13. The maximum Gasteiger partial charge on any atom is 0.278 e. The van der Waals surface area contributed by atoms with Crippen molar-refractivity contribution in [2.24, 2.45) is 0 Å². The molecular weight excluding hydrogens is 236 g/mol. The van der Waals surface area contributed by atoms with Crippen LogP contribution in [0.5, 0.6) is 0 Å². The number of anilines is 1. The fourth-order valence-corrected chi connectivity index (χ4v) is 1.50. The van der Waals surface area contributed by atoms with Crippen LogP contribution in [-0.2, 0) is 0 Å². The van der Waals surface area contributed by atoms with E-state index in [1.165, 1.54) is 0 Å². The minimum absolute atomic E-state index is 0.0859. The van der Waals surface area contributed by atoms with E-state index in [0.29, 0.717) is 0 Å². The number of benzene rings is 1. The van der Waals surface area contributed by atoms with Gasteiger partial charge < -0.3 is 16.2 Å². The van der Waals surface area contributed by atoms with Gasteiger partial charge >= 0.3 is 0 Å². The summed E-state index contributed by atoms with van der Waals surface area (Å²) in [6, 6.07) is 8.54. The van der Waals surface area contributed by atoms with Crippen molar-refractivity contribution < 1.29 is 14.5 Å². The lowest BCUT2D eigenvalue weighted by atomic mass is 10.1. The maximum absolute atomic E-state index is 11.8. The van der Waals surface area contributed by atoms with E-state index >= 15 is 0 Å². The van der Waals surface area contributed by atoms with Gasteiger partial charge in [-0.25, -0.2) is 4.63 Å². The minimum Gasteiger partial charge on any atom is -0.394 e. The lowest BCUT2D eigenvalue weighted by molar-refractivity contribution is 0.0907. The lowest BCUT2D eigenvalue weighted by Gasteiger charge is -2.15. The van der Waals surface area contributed by atoms with E-state index in [9.17, 15) is 9.90 Å². The molecule has 0 bridgehead atoms. The first kappa shape index (κ1) is 12.1. The van der Waals surface area contributed by atoms with Gasteiger partial charge in [0.25, 0.3) is 5.91 Å². The van der Waals surface area contributed by atoms with Gasteiger partial charge in [0.05, 0.1) is 12.6 Å². The zero-order valence-corrected chi connectivity index (χ0v) is 9.41. The fraction of sp³-hybridized carbons (Fsp3) is 0.182. The summed E-state index contributed by atoms with van der Waals surface area (Å²) in [5.41, 5.74) is 6.09. The predicted octanol–water partition coefficient (Wildman–Crippen LogP) is 0.115. The molecule has 1 unspecified atom stereocenters. The number of nitrogen functional groups attached to an aromatic ring is 1. The van der Waals surface area contributed by atoms with Crippen molar-refractivity contribution in [3.05, 3.63) is 41.6 Å². The zero-order chi connectivity index (χ0) is 13.0. The highest BCUT2D eigenvalue weighted by atomic mass is 16.6. The molecule has 7 nitrogen and oxygen atoms in total. The molecule has 0 aliphatic rings. The Bertz CT molecular complexity index is 526. The van der Waals surface area contributed by atoms with E-state index in [2.05, 4.69) is 20.3 Å². The molecule has 1 heterocycles. The summed E-state index contributed by atoms with van der Waals surface area (Å²) in [7, 11) is 0. The number of hydrogen-bond acceptors (Lipinski definition) is 6. The van der Waals surface area contributed by atoms with Gasteiger partial charge in [0.15, 0.2) is 0 Å². The summed E-state index contributed by atoms with van der Waals surface area (Å²) in [5.74, 6) is -0.631. The first-order chi connectivity index (χ1) is 8.72. The molecule has 0 radical (unpaired) electrons. The van der Waals surface area contributed by atoms with Crippen LogP contribution in [0.2, 0.25) is 0 Å². The molecule has 0 aliphatic carbocycles. The van der Waals surface area contributed by atoms with Crippen LogP contribution in [0.25, 0.3) is 0 Å². The molecule has 0 fully saturated rings. The Morgan fingerprint density at radius 3 is 2.67 bits per heavy atom. The van der Waals surface area contributed by atoms with Gasteiger partial charge in [-0.1, -0.05) is 30.3 Å². The van der Waals surface area contributed by atoms with Gasteiger partial charge in [-0.2, -0.15) is 0 Å². The number of carbonyl (C=O) groups excluding carboxylic acids is 1. The van der Waals surface area contributed by atoms with Gasteiger partial charge in [-0.05, 0) is 15.9 Å². The molecular formula is C11H12N4O3. The smallest absolute Gasteiger partial charge is 0.278 e. The second-order valence-corrected chi connectivity index (χ2v) is 3.62. The third-order valence-electron chi connectivity index (χ3n) is 2.42. The molecule has 0 aliphatic heterocycles. The third-order valence-corrected chi connectivity index (χ3v) is 2.42. The number of hydrogen-bond donors (Lipinski definition) is 3. The third kappa shape index (κ3) is 2.46. The van der Waals surface area contributed by atoms with Crippen molar-refractivity contribution in [1.82, 2.24) is 15.6 Å². The van der Waals surface area contributed by atoms with Crippen LogP contribution < -0.4 is 11.1 Å². The average Bonchev–Trinajstić information content (AvgIpc) is 2.83. The van der Waals surface area contributed by atoms with Gasteiger partial charge in [-0.15, -0.1) is 0 Å². The van der Waals surface area contributed by atoms with Gasteiger partial charge in [0, 0.05) is 0 Å². The number of nitrogens with zero attached hydrogens (tertiary/aromatic N) is 2. The molecule has 0 saturated carbocycles. The summed E-state index contributed by atoms with van der Waals surface area (Å²) >= 11 is 0. The van der Waals surface area contributed by atoms with E-state index in [1.807, 2.05) is 18.2 Å². The van der Waals surface area contributed by atoms with Crippen LogP contribution in [0.1, 0.15) is 22.1 Å². The molecule has 0 saturated heterocycles. The number of aromatic nitrogens is 2. The van der Waals surface area contributed by atoms with Crippen molar-refractivity contribution in [3.63, 3.8) is 0 Å². The Hall–Kier alpha value is -2.41. The van der Waals surface area contributed by atoms with Crippen molar-refractivity contribution in [2.45, 2.75) is 6.04 Å². The van der Waals surface area contributed by atoms with E-state index < -0.39 is 11.9 Å². The number of aliphatic hydroxyl groups is 1. The summed E-state index contributed by atoms with van der Waals surface area (Å²) in [4.78, 5) is 11.8. The van der Waals surface area contributed by atoms with Crippen molar-refractivity contribution in [2.75, 3.05) is 12.3 Å². The first-order valence-electron chi connectivity index (χ1n) is 5.27. The van der Waals surface area contributed by atoms with Crippen LogP contribution >= 0.6 is 0 Å². The zero-order valence-electron chi connectivity index (χ0n) is 9.41. The van der Waals surface area contributed by atoms with Crippen molar-refractivity contribution in [1.29, 1.82) is 0 Å². The predicted molar refractivity (Wildman–Crippen MR) is 62.4 cm³/mol. The number of rotatable bonds is 4. The van der Waals surface area contributed by atoms with Crippen molar-refractivity contribution in [3.8, 4) is 0 Å². The summed E-state index contributed by atoms with van der Waals surface area (Å²) in [6.07, 6.45) is 0. The molecule has 7 heteroatoms. The molecule has 2 aromatic rings. The van der Waals surface area contributed by atoms with Gasteiger partial charge in [0.1, 0.15) is 0 Å². The molecule has 0 spiro atoms. The molecule has 4 N–H and O–H groups in total. The number of aliphatic hydroxyl groups excluding tert-OH is 1. The SMILES string of the molecule is Nc1nonc1C(=O)NC(CO)c1ccccc1. The largest absolute Gasteiger partial charge is 0.394 e. The lowest BCUT2D eigenvalue weighted by Crippen LogP contribution is -2.31. The summed E-state index contributed by atoms with van der Waals surface area (Å²) in [6.45, 7) is -0.235. The topological polar surface area (TPSA) is 114 Å². The second kappa shape index (κ2) is 5.28. The molecule has 1 aromatic carbocycles. The minimum atomic E-state index is -0.545. The van der Waals surface area contributed by atoms with Gasteiger partial charge in [0.2, 0.25) is 11.5 Å². The molecule has 1 amide bonds. The highest BCUT2D eigenvalue weighted by Crippen LogP contribution is 2.13. The quantitative estimate of drug-likeness (QED) is 0.707. The number of amides is 1. The van der Waals surface area contributed by atoms with E-state index in [0.717, 1.165) is 5.56 Å². The second-order valence-electron chi connectivity index (χ2n) is 3.62. The van der Waals surface area contributed by atoms with Crippen molar-refractivity contribution >= 4 is 11.7 Å². The average molecular weight is 248 g/mol. The van der Waals surface area contributed by atoms with Crippen LogP contribution in [0.15, 0.2) is 35.0 Å². The summed E-state index contributed by atoms with van der Waals surface area (Å²) < 4.78 is 4.34. The fourth-order valence-electron chi connectivity index (χ4n) is 1.50. The van der Waals surface area contributed by atoms with Crippen LogP contribution in [-0.4, -0.2) is 27.9 Å². The van der Waals surface area contributed by atoms with E-state index in [-0.39, 0.29) is 18.1 Å². The molecule has 1 atom stereocenters. The Labute approximate surface area is 103 Å². The van der Waals surface area contributed by atoms with Crippen LogP contribution in [0, 0.1) is 0 Å². The molecule has 1 aromatic heterocycles. The highest BCUT2D eigenvalue weighted by molar-refractivity contribution is 5.96. The summed E-state index contributed by atoms with van der Waals surface area (Å²) in [5, 5.41) is 18.6. The first-order valence-corrected chi connectivity index (χ1v) is 5.27. The highest BCUT2D eigenvalue weighted by Gasteiger charge is 2.20. The standard InChI is InChI=1S/C11H12N4O3/c12-10-9(14-18-15-10)11(17)13-8(6-16)7-4-2-1-3-5-7/h1-5,8,16H,6H2,(H2,12,15)(H,13,17). The Morgan fingerprint density at radius 2 is 2.11 bits per heavy atom. The number of nitrogens with two attached hydrogens (primary N) is 1. The Morgan fingerprint density at radius 1 is 1.39 bits per heavy atom. The number of nitrogens with one attached hydrogen (secondary N) is 1. The molecule has 2 rings (SSSR count). The molecule has 94 valence electrons. The van der Waals surface area contributed by atoms with E-state index in [1.54, 1.807) is 12.1 Å². The number of carbonyl (C=O) groups is 1. The maximum atomic E-state index is 11.8. The normalized spacial score (nSPS) is 12.1.